The number of rotatable bonds is 12. The minimum absolute atomic E-state index is 0.0333. The van der Waals surface area contributed by atoms with Crippen molar-refractivity contribution >= 4 is 21.8 Å². The van der Waals surface area contributed by atoms with Crippen LogP contribution in [0.2, 0.25) is 0 Å². The second-order valence-corrected chi connectivity index (χ2v) is 12.9. The number of likely N-dealkylation sites (tertiary alicyclic amines) is 1. The van der Waals surface area contributed by atoms with Crippen molar-refractivity contribution in [1.29, 1.82) is 0 Å². The molecule has 3 rings (SSSR count). The van der Waals surface area contributed by atoms with Gasteiger partial charge in [-0.25, -0.2) is 8.42 Å². The van der Waals surface area contributed by atoms with E-state index in [0.717, 1.165) is 23.1 Å². The van der Waals surface area contributed by atoms with Gasteiger partial charge in [0.25, 0.3) is 0 Å². The van der Waals surface area contributed by atoms with Gasteiger partial charge in [0, 0.05) is 38.6 Å². The van der Waals surface area contributed by atoms with Gasteiger partial charge in [0.2, 0.25) is 21.8 Å². The predicted molar refractivity (Wildman–Crippen MR) is 152 cm³/mol. The molecule has 0 spiro atoms. The number of benzene rings is 2. The smallest absolute Gasteiger partial charge is 0.238 e. The van der Waals surface area contributed by atoms with Crippen molar-refractivity contribution in [3.63, 3.8) is 0 Å². The van der Waals surface area contributed by atoms with Crippen LogP contribution in [-0.4, -0.2) is 72.3 Å². The third-order valence-corrected chi connectivity index (χ3v) is 8.96. The molecule has 0 unspecified atom stereocenters. The summed E-state index contributed by atoms with van der Waals surface area (Å²) in [5, 5.41) is 0. The quantitative estimate of drug-likeness (QED) is 0.402. The second-order valence-electron chi connectivity index (χ2n) is 10.7. The van der Waals surface area contributed by atoms with Crippen LogP contribution in [0.3, 0.4) is 0 Å². The lowest BCUT2D eigenvalue weighted by Crippen LogP contribution is -2.51. The Morgan fingerprint density at radius 3 is 2.18 bits per heavy atom. The topological polar surface area (TPSA) is 78.0 Å². The zero-order chi connectivity index (χ0) is 27.7. The molecule has 0 saturated carbocycles. The van der Waals surface area contributed by atoms with Crippen LogP contribution in [0.1, 0.15) is 56.7 Å². The SMILES string of the molecule is CCS(=O)(=O)N(CC(=O)N(Cc1ccc(C)cc1)C1CCN(C(=O)CCc2ccccc2)CC1)CC(C)C. The summed E-state index contributed by atoms with van der Waals surface area (Å²) in [6, 6.07) is 18.1. The number of sulfonamides is 1. The van der Waals surface area contributed by atoms with Gasteiger partial charge >= 0.3 is 0 Å². The van der Waals surface area contributed by atoms with Gasteiger partial charge in [0.1, 0.15) is 0 Å². The molecule has 0 bridgehead atoms. The predicted octanol–water partition coefficient (Wildman–Crippen LogP) is 4.26. The van der Waals surface area contributed by atoms with E-state index >= 15 is 0 Å². The molecule has 0 N–H and O–H groups in total. The van der Waals surface area contributed by atoms with Gasteiger partial charge in [-0.3, -0.25) is 9.59 Å². The summed E-state index contributed by atoms with van der Waals surface area (Å²) in [6.45, 7) is 9.32. The molecule has 2 aromatic carbocycles. The first-order chi connectivity index (χ1) is 18.1. The van der Waals surface area contributed by atoms with E-state index in [1.807, 2.05) is 85.2 Å². The summed E-state index contributed by atoms with van der Waals surface area (Å²) in [7, 11) is -3.51. The summed E-state index contributed by atoms with van der Waals surface area (Å²) in [5.41, 5.74) is 3.31. The van der Waals surface area contributed by atoms with Crippen molar-refractivity contribution in [1.82, 2.24) is 14.1 Å². The third kappa shape index (κ3) is 8.67. The first-order valence-electron chi connectivity index (χ1n) is 13.7. The van der Waals surface area contributed by atoms with Crippen LogP contribution in [0, 0.1) is 12.8 Å². The summed E-state index contributed by atoms with van der Waals surface area (Å²) < 4.78 is 26.9. The number of hydrogen-bond acceptors (Lipinski definition) is 4. The van der Waals surface area contributed by atoms with Gasteiger partial charge in [-0.05, 0) is 50.2 Å². The highest BCUT2D eigenvalue weighted by atomic mass is 32.2. The van der Waals surface area contributed by atoms with Crippen molar-refractivity contribution in [2.75, 3.05) is 31.9 Å². The molecule has 1 fully saturated rings. The Morgan fingerprint density at radius 1 is 0.974 bits per heavy atom. The number of aryl methyl sites for hydroxylation is 2. The lowest BCUT2D eigenvalue weighted by molar-refractivity contribution is -0.137. The molecule has 1 aliphatic heterocycles. The Labute approximate surface area is 228 Å². The average Bonchev–Trinajstić information content (AvgIpc) is 2.91. The molecular weight excluding hydrogens is 498 g/mol. The van der Waals surface area contributed by atoms with E-state index < -0.39 is 10.0 Å². The fraction of sp³-hybridized carbons (Fsp3) is 0.533. The number of amides is 2. The zero-order valence-electron chi connectivity index (χ0n) is 23.3. The van der Waals surface area contributed by atoms with E-state index in [1.165, 1.54) is 4.31 Å². The largest absolute Gasteiger partial charge is 0.343 e. The summed E-state index contributed by atoms with van der Waals surface area (Å²) >= 11 is 0. The molecule has 1 aliphatic rings. The molecule has 38 heavy (non-hydrogen) atoms. The fourth-order valence-corrected chi connectivity index (χ4v) is 6.10. The van der Waals surface area contributed by atoms with E-state index in [4.69, 9.17) is 0 Å². The highest BCUT2D eigenvalue weighted by molar-refractivity contribution is 7.89. The summed E-state index contributed by atoms with van der Waals surface area (Å²) in [5.74, 6) is 0.0341. The summed E-state index contributed by atoms with van der Waals surface area (Å²) in [6.07, 6.45) is 2.55. The lowest BCUT2D eigenvalue weighted by atomic mass is 10.0. The van der Waals surface area contributed by atoms with Crippen LogP contribution in [0.4, 0.5) is 0 Å². The number of hydrogen-bond donors (Lipinski definition) is 0. The Balaban J connectivity index is 1.70. The van der Waals surface area contributed by atoms with Gasteiger partial charge in [-0.2, -0.15) is 4.31 Å². The Morgan fingerprint density at radius 2 is 1.61 bits per heavy atom. The van der Waals surface area contributed by atoms with Crippen LogP contribution in [0.25, 0.3) is 0 Å². The average molecular weight is 542 g/mol. The Hall–Kier alpha value is -2.71. The molecule has 0 atom stereocenters. The van der Waals surface area contributed by atoms with E-state index in [-0.39, 0.29) is 36.1 Å². The summed E-state index contributed by atoms with van der Waals surface area (Å²) in [4.78, 5) is 30.3. The van der Waals surface area contributed by atoms with Crippen LogP contribution in [-0.2, 0) is 32.6 Å². The Kier molecular flexibility index (Phi) is 10.9. The lowest BCUT2D eigenvalue weighted by Gasteiger charge is -2.39. The molecular formula is C30H43N3O4S. The van der Waals surface area contributed by atoms with Crippen molar-refractivity contribution < 1.29 is 18.0 Å². The standard InChI is InChI=1S/C30H43N3O4S/c1-5-38(36,37)32(21-24(2)3)23-30(35)33(22-27-13-11-25(4)12-14-27)28-17-19-31(20-18-28)29(34)16-15-26-9-7-6-8-10-26/h6-14,24,28H,5,15-23H2,1-4H3. The van der Waals surface area contributed by atoms with Crippen LogP contribution in [0.5, 0.6) is 0 Å². The van der Waals surface area contributed by atoms with E-state index in [0.29, 0.717) is 45.4 Å². The van der Waals surface area contributed by atoms with Crippen LogP contribution < -0.4 is 0 Å². The maximum atomic E-state index is 13.7. The molecule has 1 saturated heterocycles. The van der Waals surface area contributed by atoms with Gasteiger partial charge < -0.3 is 9.80 Å². The normalized spacial score (nSPS) is 14.7. The number of piperidine rings is 1. The minimum atomic E-state index is -3.51. The highest BCUT2D eigenvalue weighted by Gasteiger charge is 2.32. The molecule has 0 aliphatic carbocycles. The first kappa shape index (κ1) is 29.8. The van der Waals surface area contributed by atoms with Crippen molar-refractivity contribution in [2.24, 2.45) is 5.92 Å². The monoisotopic (exact) mass is 541 g/mol. The maximum Gasteiger partial charge on any atom is 0.238 e. The molecule has 7 nitrogen and oxygen atoms in total. The molecule has 208 valence electrons. The van der Waals surface area contributed by atoms with Gasteiger partial charge in [-0.1, -0.05) is 74.0 Å². The molecule has 2 aromatic rings. The highest BCUT2D eigenvalue weighted by Crippen LogP contribution is 2.22. The number of carbonyl (C=O) groups excluding carboxylic acids is 2. The van der Waals surface area contributed by atoms with E-state index in [9.17, 15) is 18.0 Å². The van der Waals surface area contributed by atoms with Gasteiger partial charge in [-0.15, -0.1) is 0 Å². The van der Waals surface area contributed by atoms with Crippen LogP contribution in [0.15, 0.2) is 54.6 Å². The number of nitrogens with zero attached hydrogens (tertiary/aromatic N) is 3. The second kappa shape index (κ2) is 13.9. The van der Waals surface area contributed by atoms with Crippen molar-refractivity contribution in [3.05, 3.63) is 71.3 Å². The molecule has 8 heteroatoms. The third-order valence-electron chi connectivity index (χ3n) is 7.16. The van der Waals surface area contributed by atoms with Crippen LogP contribution >= 0.6 is 0 Å². The maximum absolute atomic E-state index is 13.7. The van der Waals surface area contributed by atoms with E-state index in [2.05, 4.69) is 0 Å². The van der Waals surface area contributed by atoms with Gasteiger partial charge in [0.15, 0.2) is 0 Å². The fourth-order valence-electron chi connectivity index (χ4n) is 4.90. The molecule has 0 radical (unpaired) electrons. The minimum Gasteiger partial charge on any atom is -0.343 e. The van der Waals surface area contributed by atoms with Crippen molar-refractivity contribution in [3.8, 4) is 0 Å². The molecule has 1 heterocycles. The number of carbonyl (C=O) groups is 2. The molecule has 0 aromatic heterocycles. The van der Waals surface area contributed by atoms with Gasteiger partial charge in [0.05, 0.1) is 12.3 Å². The first-order valence-corrected chi connectivity index (χ1v) is 15.3. The Bertz CT molecular complexity index is 1140. The molecule has 2 amide bonds. The van der Waals surface area contributed by atoms with E-state index in [1.54, 1.807) is 6.92 Å². The van der Waals surface area contributed by atoms with Crippen molar-refractivity contribution in [2.45, 2.75) is 66.0 Å². The zero-order valence-corrected chi connectivity index (χ0v) is 24.1.